The van der Waals surface area contributed by atoms with Crippen LogP contribution in [0.15, 0.2) is 22.7 Å². The van der Waals surface area contributed by atoms with Gasteiger partial charge in [-0.1, -0.05) is 47.7 Å². The molecule has 1 aliphatic carbocycles. The van der Waals surface area contributed by atoms with Crippen molar-refractivity contribution in [3.8, 4) is 0 Å². The molecule has 0 N–H and O–H groups in total. The van der Waals surface area contributed by atoms with Crippen LogP contribution in [-0.2, 0) is 6.42 Å². The minimum absolute atomic E-state index is 0.0672. The summed E-state index contributed by atoms with van der Waals surface area (Å²) in [5.41, 5.74) is 0.866. The zero-order valence-corrected chi connectivity index (χ0v) is 10.4. The Hall–Kier alpha value is -0.370. The fourth-order valence-electron chi connectivity index (χ4n) is 2.38. The van der Waals surface area contributed by atoms with Crippen LogP contribution < -0.4 is 0 Å². The third-order valence-corrected chi connectivity index (χ3v) is 3.81. The standard InChI is InChI=1S/C13H16BrF/c14-12-8-7-11(13(15)9-12)6-5-10-3-1-2-4-10/h7-10H,1-6H2. The summed E-state index contributed by atoms with van der Waals surface area (Å²) in [5.74, 6) is 0.774. The predicted octanol–water partition coefficient (Wildman–Crippen LogP) is 4.71. The molecule has 0 unspecified atom stereocenters. The number of hydrogen-bond acceptors (Lipinski definition) is 0. The molecule has 0 bridgehead atoms. The first-order chi connectivity index (χ1) is 7.25. The normalized spacial score (nSPS) is 17.2. The van der Waals surface area contributed by atoms with E-state index in [1.165, 1.54) is 25.7 Å². The Morgan fingerprint density at radius 3 is 2.67 bits per heavy atom. The van der Waals surface area contributed by atoms with Gasteiger partial charge in [-0.15, -0.1) is 0 Å². The molecule has 82 valence electrons. The van der Waals surface area contributed by atoms with Gasteiger partial charge in [0, 0.05) is 4.47 Å². The quantitative estimate of drug-likeness (QED) is 0.746. The zero-order chi connectivity index (χ0) is 10.7. The molecule has 2 rings (SSSR count). The molecule has 0 radical (unpaired) electrons. The van der Waals surface area contributed by atoms with Gasteiger partial charge in [0.25, 0.3) is 0 Å². The van der Waals surface area contributed by atoms with E-state index in [4.69, 9.17) is 0 Å². The number of halogens is 2. The maximum absolute atomic E-state index is 13.5. The van der Waals surface area contributed by atoms with Crippen LogP contribution in [0.1, 0.15) is 37.7 Å². The van der Waals surface area contributed by atoms with Gasteiger partial charge in [0.15, 0.2) is 0 Å². The molecule has 0 nitrogen and oxygen atoms in total. The van der Waals surface area contributed by atoms with Crippen LogP contribution in [0.2, 0.25) is 0 Å². The molecule has 1 fully saturated rings. The van der Waals surface area contributed by atoms with E-state index in [1.54, 1.807) is 6.07 Å². The van der Waals surface area contributed by atoms with E-state index in [9.17, 15) is 4.39 Å². The molecule has 0 aromatic heterocycles. The lowest BCUT2D eigenvalue weighted by Gasteiger charge is -2.09. The van der Waals surface area contributed by atoms with Crippen LogP contribution in [0.3, 0.4) is 0 Å². The fraction of sp³-hybridized carbons (Fsp3) is 0.538. The lowest BCUT2D eigenvalue weighted by Crippen LogP contribution is -1.98. The maximum Gasteiger partial charge on any atom is 0.127 e. The Bertz CT molecular complexity index is 329. The minimum atomic E-state index is -0.0672. The van der Waals surface area contributed by atoms with Gasteiger partial charge in [0.2, 0.25) is 0 Å². The first-order valence-electron chi connectivity index (χ1n) is 5.69. The Balaban J connectivity index is 1.92. The summed E-state index contributed by atoms with van der Waals surface area (Å²) in [6.07, 6.45) is 7.47. The van der Waals surface area contributed by atoms with Gasteiger partial charge in [-0.2, -0.15) is 0 Å². The molecule has 0 heterocycles. The van der Waals surface area contributed by atoms with Crippen LogP contribution in [-0.4, -0.2) is 0 Å². The van der Waals surface area contributed by atoms with Gasteiger partial charge in [-0.3, -0.25) is 0 Å². The molecule has 0 spiro atoms. The molecule has 0 atom stereocenters. The predicted molar refractivity (Wildman–Crippen MR) is 64.4 cm³/mol. The van der Waals surface area contributed by atoms with E-state index >= 15 is 0 Å². The summed E-state index contributed by atoms with van der Waals surface area (Å²) in [4.78, 5) is 0. The van der Waals surface area contributed by atoms with E-state index in [2.05, 4.69) is 15.9 Å². The molecule has 1 aliphatic rings. The highest BCUT2D eigenvalue weighted by Crippen LogP contribution is 2.29. The number of hydrogen-bond donors (Lipinski definition) is 0. The summed E-state index contributed by atoms with van der Waals surface area (Å²) in [6.45, 7) is 0. The lowest BCUT2D eigenvalue weighted by atomic mass is 9.98. The van der Waals surface area contributed by atoms with Crippen LogP contribution in [0.5, 0.6) is 0 Å². The SMILES string of the molecule is Fc1cc(Br)ccc1CCC1CCCC1. The van der Waals surface area contributed by atoms with Gasteiger partial charge in [0.05, 0.1) is 0 Å². The highest BCUT2D eigenvalue weighted by molar-refractivity contribution is 9.10. The highest BCUT2D eigenvalue weighted by Gasteiger charge is 2.15. The molecule has 1 aromatic rings. The van der Waals surface area contributed by atoms with Gasteiger partial charge in [0.1, 0.15) is 5.82 Å². The van der Waals surface area contributed by atoms with Gasteiger partial charge in [-0.05, 0) is 36.5 Å². The molecule has 0 amide bonds. The van der Waals surface area contributed by atoms with E-state index in [-0.39, 0.29) is 5.82 Å². The van der Waals surface area contributed by atoms with Crippen LogP contribution in [0.25, 0.3) is 0 Å². The average Bonchev–Trinajstić information content (AvgIpc) is 2.69. The Morgan fingerprint density at radius 2 is 2.00 bits per heavy atom. The number of rotatable bonds is 3. The van der Waals surface area contributed by atoms with Crippen molar-refractivity contribution in [2.45, 2.75) is 38.5 Å². The van der Waals surface area contributed by atoms with Crippen molar-refractivity contribution in [3.63, 3.8) is 0 Å². The van der Waals surface area contributed by atoms with E-state index in [0.29, 0.717) is 0 Å². The van der Waals surface area contributed by atoms with Crippen molar-refractivity contribution < 1.29 is 4.39 Å². The smallest absolute Gasteiger partial charge is 0.127 e. The average molecular weight is 271 g/mol. The van der Waals surface area contributed by atoms with E-state index in [0.717, 1.165) is 28.8 Å². The van der Waals surface area contributed by atoms with Crippen molar-refractivity contribution in [1.29, 1.82) is 0 Å². The van der Waals surface area contributed by atoms with Crippen molar-refractivity contribution in [1.82, 2.24) is 0 Å². The maximum atomic E-state index is 13.5. The summed E-state index contributed by atoms with van der Waals surface area (Å²) in [6, 6.07) is 5.38. The second-order valence-corrected chi connectivity index (χ2v) is 5.34. The fourth-order valence-corrected chi connectivity index (χ4v) is 2.72. The molecule has 0 saturated heterocycles. The zero-order valence-electron chi connectivity index (χ0n) is 8.81. The second-order valence-electron chi connectivity index (χ2n) is 4.42. The Morgan fingerprint density at radius 1 is 1.27 bits per heavy atom. The van der Waals surface area contributed by atoms with Crippen LogP contribution in [0, 0.1) is 11.7 Å². The van der Waals surface area contributed by atoms with E-state index in [1.807, 2.05) is 12.1 Å². The van der Waals surface area contributed by atoms with Gasteiger partial charge in [-0.25, -0.2) is 4.39 Å². The molecule has 2 heteroatoms. The largest absolute Gasteiger partial charge is 0.207 e. The summed E-state index contributed by atoms with van der Waals surface area (Å²) in [7, 11) is 0. The first kappa shape index (κ1) is 11.1. The molecular formula is C13H16BrF. The Kier molecular flexibility index (Phi) is 3.79. The van der Waals surface area contributed by atoms with Gasteiger partial charge < -0.3 is 0 Å². The molecule has 1 saturated carbocycles. The summed E-state index contributed by atoms with van der Waals surface area (Å²) in [5, 5.41) is 0. The van der Waals surface area contributed by atoms with Crippen LogP contribution in [0.4, 0.5) is 4.39 Å². The summed E-state index contributed by atoms with van der Waals surface area (Å²) >= 11 is 3.27. The van der Waals surface area contributed by atoms with Crippen molar-refractivity contribution >= 4 is 15.9 Å². The number of benzene rings is 1. The first-order valence-corrected chi connectivity index (χ1v) is 6.49. The Labute approximate surface area is 99.0 Å². The van der Waals surface area contributed by atoms with Gasteiger partial charge >= 0.3 is 0 Å². The topological polar surface area (TPSA) is 0 Å². The molecular weight excluding hydrogens is 255 g/mol. The third-order valence-electron chi connectivity index (χ3n) is 3.31. The molecule has 1 aromatic carbocycles. The van der Waals surface area contributed by atoms with Crippen molar-refractivity contribution in [2.75, 3.05) is 0 Å². The van der Waals surface area contributed by atoms with Crippen LogP contribution >= 0.6 is 15.9 Å². The van der Waals surface area contributed by atoms with Crippen molar-refractivity contribution in [2.24, 2.45) is 5.92 Å². The molecule has 15 heavy (non-hydrogen) atoms. The summed E-state index contributed by atoms with van der Waals surface area (Å²) < 4.78 is 14.3. The van der Waals surface area contributed by atoms with Crippen molar-refractivity contribution in [3.05, 3.63) is 34.1 Å². The monoisotopic (exact) mass is 270 g/mol. The minimum Gasteiger partial charge on any atom is -0.207 e. The third kappa shape index (κ3) is 3.04. The van der Waals surface area contributed by atoms with E-state index < -0.39 is 0 Å². The molecule has 0 aliphatic heterocycles. The second kappa shape index (κ2) is 5.11. The highest BCUT2D eigenvalue weighted by atomic mass is 79.9. The lowest BCUT2D eigenvalue weighted by molar-refractivity contribution is 0.495. The number of aryl methyl sites for hydroxylation is 1.